The molecule has 0 atom stereocenters. The van der Waals surface area contributed by atoms with Crippen LogP contribution in [0.15, 0.2) is 18.2 Å². The van der Waals surface area contributed by atoms with Gasteiger partial charge >= 0.3 is 0 Å². The SMILES string of the molecule is Cc1cc(NCCCN)ccc1OC(C)C. The second-order valence-electron chi connectivity index (χ2n) is 4.22. The second-order valence-corrected chi connectivity index (χ2v) is 4.22. The van der Waals surface area contributed by atoms with Gasteiger partial charge in [-0.05, 0) is 57.5 Å². The monoisotopic (exact) mass is 222 g/mol. The van der Waals surface area contributed by atoms with Crippen LogP contribution in [0.1, 0.15) is 25.8 Å². The lowest BCUT2D eigenvalue weighted by Gasteiger charge is -2.14. The van der Waals surface area contributed by atoms with Crippen molar-refractivity contribution in [3.8, 4) is 5.75 Å². The van der Waals surface area contributed by atoms with E-state index in [0.29, 0.717) is 0 Å². The van der Waals surface area contributed by atoms with Crippen molar-refractivity contribution in [2.45, 2.75) is 33.3 Å². The van der Waals surface area contributed by atoms with Gasteiger partial charge in [0.2, 0.25) is 0 Å². The minimum absolute atomic E-state index is 0.217. The summed E-state index contributed by atoms with van der Waals surface area (Å²) < 4.78 is 5.68. The highest BCUT2D eigenvalue weighted by atomic mass is 16.5. The Hall–Kier alpha value is -1.22. The maximum absolute atomic E-state index is 5.68. The summed E-state index contributed by atoms with van der Waals surface area (Å²) in [6, 6.07) is 6.16. The number of nitrogens with two attached hydrogens (primary N) is 1. The van der Waals surface area contributed by atoms with Crippen LogP contribution >= 0.6 is 0 Å². The lowest BCUT2D eigenvalue weighted by molar-refractivity contribution is 0.241. The summed E-state index contributed by atoms with van der Waals surface area (Å²) >= 11 is 0. The molecule has 16 heavy (non-hydrogen) atoms. The first-order valence-corrected chi connectivity index (χ1v) is 5.84. The van der Waals surface area contributed by atoms with Gasteiger partial charge in [-0.3, -0.25) is 0 Å². The molecule has 1 aromatic rings. The zero-order valence-electron chi connectivity index (χ0n) is 10.4. The van der Waals surface area contributed by atoms with E-state index < -0.39 is 0 Å². The molecule has 0 unspecified atom stereocenters. The summed E-state index contributed by atoms with van der Waals surface area (Å²) in [4.78, 5) is 0. The molecule has 1 aromatic carbocycles. The first-order valence-electron chi connectivity index (χ1n) is 5.84. The molecule has 3 nitrogen and oxygen atoms in total. The van der Waals surface area contributed by atoms with Crippen LogP contribution in [0.5, 0.6) is 5.75 Å². The van der Waals surface area contributed by atoms with Gasteiger partial charge in [0.25, 0.3) is 0 Å². The highest BCUT2D eigenvalue weighted by Crippen LogP contribution is 2.22. The van der Waals surface area contributed by atoms with E-state index >= 15 is 0 Å². The van der Waals surface area contributed by atoms with Gasteiger partial charge in [-0.15, -0.1) is 0 Å². The highest BCUT2D eigenvalue weighted by molar-refractivity contribution is 5.50. The summed E-state index contributed by atoms with van der Waals surface area (Å²) in [6.45, 7) is 7.77. The molecular weight excluding hydrogens is 200 g/mol. The van der Waals surface area contributed by atoms with E-state index in [2.05, 4.69) is 18.3 Å². The molecule has 90 valence electrons. The number of benzene rings is 1. The Morgan fingerprint density at radius 2 is 2.12 bits per heavy atom. The van der Waals surface area contributed by atoms with Crippen molar-refractivity contribution in [2.75, 3.05) is 18.4 Å². The van der Waals surface area contributed by atoms with Crippen LogP contribution in [0.4, 0.5) is 5.69 Å². The summed E-state index contributed by atoms with van der Waals surface area (Å²) in [6.07, 6.45) is 1.21. The van der Waals surface area contributed by atoms with Crippen LogP contribution in [0, 0.1) is 6.92 Å². The predicted octanol–water partition coefficient (Wildman–Crippen LogP) is 2.54. The average Bonchev–Trinajstić information content (AvgIpc) is 2.22. The van der Waals surface area contributed by atoms with E-state index in [-0.39, 0.29) is 6.10 Å². The Morgan fingerprint density at radius 1 is 1.38 bits per heavy atom. The zero-order valence-corrected chi connectivity index (χ0v) is 10.4. The molecule has 0 amide bonds. The van der Waals surface area contributed by atoms with Gasteiger partial charge in [-0.2, -0.15) is 0 Å². The molecule has 0 aliphatic rings. The molecule has 0 aromatic heterocycles. The molecule has 0 aliphatic heterocycles. The van der Waals surface area contributed by atoms with E-state index in [1.54, 1.807) is 0 Å². The van der Waals surface area contributed by atoms with Crippen LogP contribution in [0.3, 0.4) is 0 Å². The minimum atomic E-state index is 0.217. The molecule has 0 spiro atoms. The van der Waals surface area contributed by atoms with Gasteiger partial charge in [0, 0.05) is 12.2 Å². The lowest BCUT2D eigenvalue weighted by atomic mass is 10.2. The molecule has 0 radical (unpaired) electrons. The fourth-order valence-corrected chi connectivity index (χ4v) is 1.48. The third kappa shape index (κ3) is 4.11. The second kappa shape index (κ2) is 6.38. The fraction of sp³-hybridized carbons (Fsp3) is 0.538. The van der Waals surface area contributed by atoms with E-state index in [0.717, 1.165) is 36.5 Å². The van der Waals surface area contributed by atoms with Crippen molar-refractivity contribution in [3.63, 3.8) is 0 Å². The zero-order chi connectivity index (χ0) is 12.0. The predicted molar refractivity (Wildman–Crippen MR) is 69.1 cm³/mol. The standard InChI is InChI=1S/C13H22N2O/c1-10(2)16-13-6-5-12(9-11(13)3)15-8-4-7-14/h5-6,9-10,15H,4,7-8,14H2,1-3H3. The quantitative estimate of drug-likeness (QED) is 0.727. The summed E-state index contributed by atoms with van der Waals surface area (Å²) in [5.74, 6) is 0.958. The summed E-state index contributed by atoms with van der Waals surface area (Å²) in [5, 5.41) is 3.33. The lowest BCUT2D eigenvalue weighted by Crippen LogP contribution is -2.09. The number of nitrogens with one attached hydrogen (secondary N) is 1. The molecule has 0 saturated carbocycles. The highest BCUT2D eigenvalue weighted by Gasteiger charge is 2.02. The van der Waals surface area contributed by atoms with E-state index in [1.807, 2.05) is 26.0 Å². The van der Waals surface area contributed by atoms with Gasteiger partial charge in [-0.1, -0.05) is 0 Å². The number of anilines is 1. The maximum Gasteiger partial charge on any atom is 0.122 e. The van der Waals surface area contributed by atoms with Crippen molar-refractivity contribution >= 4 is 5.69 Å². The van der Waals surface area contributed by atoms with Crippen LogP contribution in [0.25, 0.3) is 0 Å². The van der Waals surface area contributed by atoms with Crippen LogP contribution in [-0.4, -0.2) is 19.2 Å². The third-order valence-corrected chi connectivity index (χ3v) is 2.25. The maximum atomic E-state index is 5.68. The van der Waals surface area contributed by atoms with Crippen LogP contribution in [0.2, 0.25) is 0 Å². The number of rotatable bonds is 6. The normalized spacial score (nSPS) is 10.6. The Labute approximate surface area is 98.0 Å². The first kappa shape index (κ1) is 12.8. The number of ether oxygens (including phenoxy) is 1. The van der Waals surface area contributed by atoms with E-state index in [9.17, 15) is 0 Å². The Balaban J connectivity index is 2.60. The average molecular weight is 222 g/mol. The molecule has 0 fully saturated rings. The van der Waals surface area contributed by atoms with Crippen molar-refractivity contribution in [3.05, 3.63) is 23.8 Å². The fourth-order valence-electron chi connectivity index (χ4n) is 1.48. The van der Waals surface area contributed by atoms with Crippen molar-refractivity contribution < 1.29 is 4.74 Å². The number of hydrogen-bond donors (Lipinski definition) is 2. The Bertz CT molecular complexity index is 324. The van der Waals surface area contributed by atoms with Gasteiger partial charge in [-0.25, -0.2) is 0 Å². The van der Waals surface area contributed by atoms with Gasteiger partial charge in [0.1, 0.15) is 5.75 Å². The number of aryl methyl sites for hydroxylation is 1. The Kier molecular flexibility index (Phi) is 5.12. The molecule has 3 heteroatoms. The van der Waals surface area contributed by atoms with Gasteiger partial charge in [0.15, 0.2) is 0 Å². The third-order valence-electron chi connectivity index (χ3n) is 2.25. The van der Waals surface area contributed by atoms with E-state index in [4.69, 9.17) is 10.5 Å². The molecule has 0 aliphatic carbocycles. The van der Waals surface area contributed by atoms with Gasteiger partial charge in [0.05, 0.1) is 6.10 Å². The largest absolute Gasteiger partial charge is 0.491 e. The molecule has 3 N–H and O–H groups in total. The molecule has 0 bridgehead atoms. The molecule has 1 rings (SSSR count). The van der Waals surface area contributed by atoms with Crippen molar-refractivity contribution in [1.82, 2.24) is 0 Å². The smallest absolute Gasteiger partial charge is 0.122 e. The first-order chi connectivity index (χ1) is 7.63. The Morgan fingerprint density at radius 3 is 2.69 bits per heavy atom. The summed E-state index contributed by atoms with van der Waals surface area (Å²) in [5.41, 5.74) is 7.73. The van der Waals surface area contributed by atoms with Crippen molar-refractivity contribution in [1.29, 1.82) is 0 Å². The van der Waals surface area contributed by atoms with Crippen LogP contribution in [-0.2, 0) is 0 Å². The number of hydrogen-bond acceptors (Lipinski definition) is 3. The molecule has 0 saturated heterocycles. The summed E-state index contributed by atoms with van der Waals surface area (Å²) in [7, 11) is 0. The van der Waals surface area contributed by atoms with Gasteiger partial charge < -0.3 is 15.8 Å². The molecular formula is C13H22N2O. The van der Waals surface area contributed by atoms with E-state index in [1.165, 1.54) is 0 Å². The van der Waals surface area contributed by atoms with Crippen molar-refractivity contribution in [2.24, 2.45) is 5.73 Å². The topological polar surface area (TPSA) is 47.3 Å². The molecule has 0 heterocycles. The van der Waals surface area contributed by atoms with Crippen LogP contribution < -0.4 is 15.8 Å². The minimum Gasteiger partial charge on any atom is -0.491 e.